The van der Waals surface area contributed by atoms with Gasteiger partial charge in [0, 0.05) is 31.0 Å². The third-order valence-corrected chi connectivity index (χ3v) is 4.42. The van der Waals surface area contributed by atoms with E-state index >= 15 is 0 Å². The number of ether oxygens (including phenoxy) is 2. The van der Waals surface area contributed by atoms with Crippen LogP contribution in [0.5, 0.6) is 0 Å². The summed E-state index contributed by atoms with van der Waals surface area (Å²) < 4.78 is 10.8. The SMILES string of the molecule is C/C=C/C1COC/C1=C\c1ccccc1.CC/C=C\COCC#Cc1ccccc1.[Rh]. The zero-order chi connectivity index (χ0) is 21.3. The molecule has 0 amide bonds. The van der Waals surface area contributed by atoms with Crippen molar-refractivity contribution in [1.29, 1.82) is 0 Å². The summed E-state index contributed by atoms with van der Waals surface area (Å²) in [7, 11) is 0. The minimum Gasteiger partial charge on any atom is -0.376 e. The van der Waals surface area contributed by atoms with Crippen LogP contribution in [-0.2, 0) is 29.0 Å². The summed E-state index contributed by atoms with van der Waals surface area (Å²) in [5.74, 6) is 6.48. The summed E-state index contributed by atoms with van der Waals surface area (Å²) in [6.07, 6.45) is 11.7. The molecule has 1 radical (unpaired) electrons. The monoisotopic (exact) mass is 503 g/mol. The molecule has 2 aromatic rings. The average Bonchev–Trinajstić information content (AvgIpc) is 3.22. The Kier molecular flexibility index (Phi) is 15.1. The maximum Gasteiger partial charge on any atom is 0.108 e. The first-order valence-electron chi connectivity index (χ1n) is 10.6. The van der Waals surface area contributed by atoms with E-state index in [1.54, 1.807) is 0 Å². The van der Waals surface area contributed by atoms with E-state index in [1.807, 2.05) is 42.5 Å². The maximum absolute atomic E-state index is 5.47. The van der Waals surface area contributed by atoms with Crippen LogP contribution in [-0.4, -0.2) is 26.4 Å². The Balaban J connectivity index is 0.000000300. The van der Waals surface area contributed by atoms with Gasteiger partial charge < -0.3 is 9.47 Å². The van der Waals surface area contributed by atoms with Crippen LogP contribution in [0, 0.1) is 17.8 Å². The zero-order valence-electron chi connectivity index (χ0n) is 18.4. The van der Waals surface area contributed by atoms with Crippen LogP contribution < -0.4 is 0 Å². The van der Waals surface area contributed by atoms with Gasteiger partial charge in [0.05, 0.1) is 19.8 Å². The van der Waals surface area contributed by atoms with Gasteiger partial charge in [0.15, 0.2) is 0 Å². The van der Waals surface area contributed by atoms with E-state index < -0.39 is 0 Å². The predicted molar refractivity (Wildman–Crippen MR) is 127 cm³/mol. The first-order chi connectivity index (χ1) is 14.8. The smallest absolute Gasteiger partial charge is 0.108 e. The first-order valence-corrected chi connectivity index (χ1v) is 10.6. The van der Waals surface area contributed by atoms with Crippen molar-refractivity contribution in [2.45, 2.75) is 20.3 Å². The summed E-state index contributed by atoms with van der Waals surface area (Å²) in [6, 6.07) is 20.3. The second-order valence-corrected chi connectivity index (χ2v) is 6.84. The Bertz CT molecular complexity index is 858. The van der Waals surface area contributed by atoms with Crippen molar-refractivity contribution in [2.24, 2.45) is 5.92 Å². The molecule has 0 saturated carbocycles. The van der Waals surface area contributed by atoms with Crippen molar-refractivity contribution >= 4 is 6.08 Å². The van der Waals surface area contributed by atoms with Crippen molar-refractivity contribution in [3.8, 4) is 11.8 Å². The van der Waals surface area contributed by atoms with Crippen LogP contribution in [0.3, 0.4) is 0 Å². The molecule has 2 aromatic carbocycles. The van der Waals surface area contributed by atoms with Crippen molar-refractivity contribution < 1.29 is 29.0 Å². The van der Waals surface area contributed by atoms with E-state index in [-0.39, 0.29) is 19.5 Å². The summed E-state index contributed by atoms with van der Waals surface area (Å²) in [4.78, 5) is 0. The molecule has 0 spiro atoms. The van der Waals surface area contributed by atoms with E-state index in [0.29, 0.717) is 19.1 Å². The van der Waals surface area contributed by atoms with Crippen LogP contribution >= 0.6 is 0 Å². The second kappa shape index (κ2) is 17.4. The van der Waals surface area contributed by atoms with Crippen molar-refractivity contribution in [1.82, 2.24) is 0 Å². The van der Waals surface area contributed by atoms with Gasteiger partial charge in [0.2, 0.25) is 0 Å². The quantitative estimate of drug-likeness (QED) is 0.199. The summed E-state index contributed by atoms with van der Waals surface area (Å²) in [5, 5.41) is 0. The molecule has 31 heavy (non-hydrogen) atoms. The van der Waals surface area contributed by atoms with Gasteiger partial charge in [0.25, 0.3) is 0 Å². The van der Waals surface area contributed by atoms with Gasteiger partial charge >= 0.3 is 0 Å². The van der Waals surface area contributed by atoms with Gasteiger partial charge in [0.1, 0.15) is 6.61 Å². The maximum atomic E-state index is 5.47. The van der Waals surface area contributed by atoms with Gasteiger partial charge in [-0.15, -0.1) is 0 Å². The molecule has 1 aliphatic heterocycles. The van der Waals surface area contributed by atoms with Gasteiger partial charge in [-0.2, -0.15) is 0 Å². The molecule has 1 heterocycles. The van der Waals surface area contributed by atoms with E-state index in [9.17, 15) is 0 Å². The number of benzene rings is 2. The van der Waals surface area contributed by atoms with Crippen molar-refractivity contribution in [3.05, 3.63) is 102 Å². The van der Waals surface area contributed by atoms with E-state index in [1.165, 1.54) is 11.1 Å². The Morgan fingerprint density at radius 2 is 1.74 bits per heavy atom. The number of allylic oxidation sites excluding steroid dienone is 2. The molecule has 1 fully saturated rings. The van der Waals surface area contributed by atoms with Crippen LogP contribution in [0.15, 0.2) is 90.5 Å². The fourth-order valence-electron chi connectivity index (χ4n) is 2.91. The van der Waals surface area contributed by atoms with Crippen LogP contribution in [0.2, 0.25) is 0 Å². The molecule has 1 unspecified atom stereocenters. The molecule has 1 saturated heterocycles. The normalized spacial score (nSPS) is 16.5. The Hall–Kier alpha value is -2.24. The zero-order valence-corrected chi connectivity index (χ0v) is 20.1. The summed E-state index contributed by atoms with van der Waals surface area (Å²) >= 11 is 0. The molecular formula is C28H32O2Rh. The number of hydrogen-bond acceptors (Lipinski definition) is 2. The number of hydrogen-bond donors (Lipinski definition) is 0. The largest absolute Gasteiger partial charge is 0.376 e. The van der Waals surface area contributed by atoms with Crippen LogP contribution in [0.4, 0.5) is 0 Å². The molecule has 0 aliphatic carbocycles. The van der Waals surface area contributed by atoms with Gasteiger partial charge in [-0.1, -0.05) is 97.7 Å². The Morgan fingerprint density at radius 1 is 1.03 bits per heavy atom. The first kappa shape index (κ1) is 26.8. The predicted octanol–water partition coefficient (Wildman–Crippen LogP) is 6.31. The van der Waals surface area contributed by atoms with Gasteiger partial charge in [-0.25, -0.2) is 0 Å². The van der Waals surface area contributed by atoms with Crippen molar-refractivity contribution in [2.75, 3.05) is 26.4 Å². The standard InChI is InChI=1S/2C14H16O.Rh/c1-2-6-13-10-15-11-14(13)9-12-7-4-3-5-8-12;1-2-3-7-12-15-13-8-11-14-9-5-4-6-10-14;/h2-9,13H,10-11H2,1H3;3-7,9-10H,2,12-13H2,1H3;/b6-2+,14-9+;7-3-;. The van der Waals surface area contributed by atoms with Crippen LogP contribution in [0.25, 0.3) is 6.08 Å². The van der Waals surface area contributed by atoms with E-state index in [0.717, 1.165) is 25.2 Å². The van der Waals surface area contributed by atoms with Gasteiger partial charge in [-0.3, -0.25) is 0 Å². The fraction of sp³-hybridized carbons (Fsp3) is 0.286. The van der Waals surface area contributed by atoms with E-state index in [2.05, 4.69) is 74.3 Å². The molecule has 0 aromatic heterocycles. The molecular weight excluding hydrogens is 471 g/mol. The van der Waals surface area contributed by atoms with Crippen molar-refractivity contribution in [3.63, 3.8) is 0 Å². The minimum absolute atomic E-state index is 0. The minimum atomic E-state index is 0. The third kappa shape index (κ3) is 11.7. The molecule has 3 rings (SSSR count). The molecule has 3 heteroatoms. The summed E-state index contributed by atoms with van der Waals surface area (Å²) in [6.45, 7) is 6.89. The Labute approximate surface area is 200 Å². The molecule has 1 atom stereocenters. The van der Waals surface area contributed by atoms with Gasteiger partial charge in [-0.05, 0) is 36.6 Å². The third-order valence-electron chi connectivity index (χ3n) is 4.42. The molecule has 1 aliphatic rings. The van der Waals surface area contributed by atoms with E-state index in [4.69, 9.17) is 9.47 Å². The molecule has 0 bridgehead atoms. The van der Waals surface area contributed by atoms with Crippen LogP contribution in [0.1, 0.15) is 31.4 Å². The second-order valence-electron chi connectivity index (χ2n) is 6.84. The molecule has 165 valence electrons. The Morgan fingerprint density at radius 3 is 2.42 bits per heavy atom. The average molecular weight is 503 g/mol. The molecule has 0 N–H and O–H groups in total. The summed E-state index contributed by atoms with van der Waals surface area (Å²) in [5.41, 5.74) is 3.66. The molecule has 2 nitrogen and oxygen atoms in total. The fourth-order valence-corrected chi connectivity index (χ4v) is 2.91. The topological polar surface area (TPSA) is 18.5 Å². The number of rotatable bonds is 6.